The Hall–Kier alpha value is -1.36. The van der Waals surface area contributed by atoms with Crippen LogP contribution in [0.2, 0.25) is 0 Å². The number of carboxylic acids is 1. The minimum absolute atomic E-state index is 0.153. The number of hydrogen-bond acceptors (Lipinski definition) is 3. The first-order valence-electron chi connectivity index (χ1n) is 4.47. The fourth-order valence-corrected chi connectivity index (χ4v) is 1.55. The monoisotopic (exact) mass is 197 g/mol. The van der Waals surface area contributed by atoms with Crippen molar-refractivity contribution >= 4 is 5.97 Å². The van der Waals surface area contributed by atoms with Gasteiger partial charge in [0.25, 0.3) is 0 Å². The molecule has 2 N–H and O–H groups in total. The summed E-state index contributed by atoms with van der Waals surface area (Å²) in [6.45, 7) is 3.70. The van der Waals surface area contributed by atoms with Crippen molar-refractivity contribution in [2.75, 3.05) is 7.05 Å². The number of rotatable bonds is 4. The van der Waals surface area contributed by atoms with Gasteiger partial charge in [-0.3, -0.25) is 4.79 Å². The van der Waals surface area contributed by atoms with Crippen LogP contribution < -0.4 is 5.32 Å². The molecule has 0 radical (unpaired) electrons. The van der Waals surface area contributed by atoms with Crippen molar-refractivity contribution in [3.8, 4) is 0 Å². The number of aliphatic carboxylic acids is 1. The Morgan fingerprint density at radius 3 is 2.71 bits per heavy atom. The van der Waals surface area contributed by atoms with E-state index in [1.807, 2.05) is 18.4 Å². The first-order chi connectivity index (χ1) is 6.57. The molecule has 1 rings (SSSR count). The lowest BCUT2D eigenvalue weighted by molar-refractivity contribution is -0.140. The van der Waals surface area contributed by atoms with E-state index in [1.165, 1.54) is 0 Å². The molecule has 1 aromatic heterocycles. The SMILES string of the molecule is CNC(C(=O)O)C(C)n1ccnc1C. The molecule has 0 aliphatic carbocycles. The number of nitrogens with one attached hydrogen (secondary N) is 1. The van der Waals surface area contributed by atoms with Crippen LogP contribution in [-0.4, -0.2) is 33.7 Å². The summed E-state index contributed by atoms with van der Waals surface area (Å²) in [6.07, 6.45) is 3.45. The molecular formula is C9H15N3O2. The van der Waals surface area contributed by atoms with Gasteiger partial charge in [-0.25, -0.2) is 4.98 Å². The number of hydrogen-bond donors (Lipinski definition) is 2. The molecule has 5 heteroatoms. The highest BCUT2D eigenvalue weighted by Crippen LogP contribution is 2.13. The predicted octanol–water partition coefficient (Wildman–Crippen LogP) is 0.425. The molecule has 0 fully saturated rings. The van der Waals surface area contributed by atoms with Gasteiger partial charge in [-0.05, 0) is 20.9 Å². The Morgan fingerprint density at radius 2 is 2.36 bits per heavy atom. The fourth-order valence-electron chi connectivity index (χ4n) is 1.55. The van der Waals surface area contributed by atoms with Crippen LogP contribution in [0.5, 0.6) is 0 Å². The van der Waals surface area contributed by atoms with E-state index in [9.17, 15) is 4.79 Å². The zero-order valence-corrected chi connectivity index (χ0v) is 8.56. The number of carboxylic acid groups (broad SMARTS) is 1. The summed E-state index contributed by atoms with van der Waals surface area (Å²) in [5, 5.41) is 11.7. The topological polar surface area (TPSA) is 67.2 Å². The van der Waals surface area contributed by atoms with E-state index >= 15 is 0 Å². The first kappa shape index (κ1) is 10.7. The Kier molecular flexibility index (Phi) is 3.24. The molecular weight excluding hydrogens is 182 g/mol. The molecule has 0 aliphatic rings. The first-order valence-corrected chi connectivity index (χ1v) is 4.47. The maximum atomic E-state index is 10.9. The highest BCUT2D eigenvalue weighted by Gasteiger charge is 2.24. The van der Waals surface area contributed by atoms with Crippen LogP contribution >= 0.6 is 0 Å². The van der Waals surface area contributed by atoms with Gasteiger partial charge in [-0.15, -0.1) is 0 Å². The molecule has 0 spiro atoms. The van der Waals surface area contributed by atoms with Crippen molar-refractivity contribution in [3.63, 3.8) is 0 Å². The van der Waals surface area contributed by atoms with Crippen LogP contribution in [0, 0.1) is 6.92 Å². The Bertz CT molecular complexity index is 322. The van der Waals surface area contributed by atoms with Crippen LogP contribution in [0.3, 0.4) is 0 Å². The molecule has 0 saturated heterocycles. The minimum atomic E-state index is -0.854. The van der Waals surface area contributed by atoms with Crippen molar-refractivity contribution in [1.82, 2.24) is 14.9 Å². The molecule has 0 amide bonds. The van der Waals surface area contributed by atoms with Crippen LogP contribution in [0.4, 0.5) is 0 Å². The molecule has 0 saturated carbocycles. The summed E-state index contributed by atoms with van der Waals surface area (Å²) >= 11 is 0. The summed E-state index contributed by atoms with van der Waals surface area (Å²) in [5.74, 6) is -0.0351. The van der Waals surface area contributed by atoms with Crippen molar-refractivity contribution in [3.05, 3.63) is 18.2 Å². The molecule has 0 aliphatic heterocycles. The van der Waals surface area contributed by atoms with Gasteiger partial charge in [-0.1, -0.05) is 0 Å². The van der Waals surface area contributed by atoms with E-state index in [1.54, 1.807) is 19.4 Å². The molecule has 0 bridgehead atoms. The molecule has 14 heavy (non-hydrogen) atoms. The van der Waals surface area contributed by atoms with Crippen LogP contribution in [0.15, 0.2) is 12.4 Å². The normalized spacial score (nSPS) is 15.1. The predicted molar refractivity (Wildman–Crippen MR) is 52.2 cm³/mol. The van der Waals surface area contributed by atoms with Gasteiger partial charge in [0.2, 0.25) is 0 Å². The number of imidazole rings is 1. The van der Waals surface area contributed by atoms with Gasteiger partial charge in [0, 0.05) is 12.4 Å². The van der Waals surface area contributed by atoms with Crippen molar-refractivity contribution < 1.29 is 9.90 Å². The van der Waals surface area contributed by atoms with Crippen molar-refractivity contribution in [2.24, 2.45) is 0 Å². The molecule has 1 aromatic rings. The standard InChI is InChI=1S/C9H15N3O2/c1-6(8(10-3)9(13)14)12-5-4-11-7(12)2/h4-6,8,10H,1-3H3,(H,13,14). The largest absolute Gasteiger partial charge is 0.480 e. The van der Waals surface area contributed by atoms with Gasteiger partial charge in [0.05, 0.1) is 6.04 Å². The number of likely N-dealkylation sites (N-methyl/N-ethyl adjacent to an activating group) is 1. The second kappa shape index (κ2) is 4.23. The molecule has 2 atom stereocenters. The summed E-state index contributed by atoms with van der Waals surface area (Å²) in [6, 6.07) is -0.747. The quantitative estimate of drug-likeness (QED) is 0.734. The van der Waals surface area contributed by atoms with Crippen LogP contribution in [-0.2, 0) is 4.79 Å². The minimum Gasteiger partial charge on any atom is -0.480 e. The van der Waals surface area contributed by atoms with Gasteiger partial charge in [0.1, 0.15) is 11.9 Å². The van der Waals surface area contributed by atoms with E-state index in [0.717, 1.165) is 5.82 Å². The zero-order valence-electron chi connectivity index (χ0n) is 8.56. The third kappa shape index (κ3) is 1.93. The van der Waals surface area contributed by atoms with Gasteiger partial charge < -0.3 is 15.0 Å². The van der Waals surface area contributed by atoms with E-state index < -0.39 is 12.0 Å². The summed E-state index contributed by atoms with van der Waals surface area (Å²) < 4.78 is 1.84. The van der Waals surface area contributed by atoms with Crippen LogP contribution in [0.1, 0.15) is 18.8 Å². The highest BCUT2D eigenvalue weighted by molar-refractivity contribution is 5.74. The highest BCUT2D eigenvalue weighted by atomic mass is 16.4. The average molecular weight is 197 g/mol. The Labute approximate surface area is 82.8 Å². The maximum Gasteiger partial charge on any atom is 0.322 e. The molecule has 2 unspecified atom stereocenters. The maximum absolute atomic E-state index is 10.9. The van der Waals surface area contributed by atoms with Crippen LogP contribution in [0.25, 0.3) is 0 Å². The van der Waals surface area contributed by atoms with E-state index in [0.29, 0.717) is 0 Å². The number of aryl methyl sites for hydroxylation is 1. The third-order valence-corrected chi connectivity index (χ3v) is 2.36. The number of nitrogens with zero attached hydrogens (tertiary/aromatic N) is 2. The molecule has 1 heterocycles. The van der Waals surface area contributed by atoms with E-state index in [-0.39, 0.29) is 6.04 Å². The lowest BCUT2D eigenvalue weighted by Gasteiger charge is -2.21. The Morgan fingerprint density at radius 1 is 1.71 bits per heavy atom. The van der Waals surface area contributed by atoms with Crippen molar-refractivity contribution in [2.45, 2.75) is 25.9 Å². The summed E-state index contributed by atoms with van der Waals surface area (Å²) in [7, 11) is 1.64. The zero-order chi connectivity index (χ0) is 10.7. The fraction of sp³-hybridized carbons (Fsp3) is 0.556. The second-order valence-corrected chi connectivity index (χ2v) is 3.23. The van der Waals surface area contributed by atoms with Gasteiger partial charge in [0.15, 0.2) is 0 Å². The summed E-state index contributed by atoms with van der Waals surface area (Å²) in [5.41, 5.74) is 0. The molecule has 5 nitrogen and oxygen atoms in total. The number of carbonyl (C=O) groups is 1. The second-order valence-electron chi connectivity index (χ2n) is 3.23. The lowest BCUT2D eigenvalue weighted by Crippen LogP contribution is -2.40. The average Bonchev–Trinajstić information content (AvgIpc) is 2.51. The molecule has 78 valence electrons. The lowest BCUT2D eigenvalue weighted by atomic mass is 10.1. The van der Waals surface area contributed by atoms with Gasteiger partial charge >= 0.3 is 5.97 Å². The van der Waals surface area contributed by atoms with Crippen molar-refractivity contribution in [1.29, 1.82) is 0 Å². The Balaban J connectivity index is 2.88. The smallest absolute Gasteiger partial charge is 0.322 e. The molecule has 0 aromatic carbocycles. The summed E-state index contributed by atoms with van der Waals surface area (Å²) in [4.78, 5) is 14.9. The van der Waals surface area contributed by atoms with E-state index in [2.05, 4.69) is 10.3 Å². The number of aromatic nitrogens is 2. The van der Waals surface area contributed by atoms with E-state index in [4.69, 9.17) is 5.11 Å². The van der Waals surface area contributed by atoms with Gasteiger partial charge in [-0.2, -0.15) is 0 Å². The third-order valence-electron chi connectivity index (χ3n) is 2.36.